The number of nitrogens with zero attached hydrogens (tertiary/aromatic N) is 4. The zero-order chi connectivity index (χ0) is 31.4. The van der Waals surface area contributed by atoms with Crippen LogP contribution < -0.4 is 24.8 Å². The molecule has 0 saturated heterocycles. The summed E-state index contributed by atoms with van der Waals surface area (Å²) in [6.07, 6.45) is 0.902. The van der Waals surface area contributed by atoms with E-state index in [0.29, 0.717) is 51.5 Å². The van der Waals surface area contributed by atoms with E-state index in [1.165, 1.54) is 19.4 Å². The normalized spacial score (nSPS) is 14.1. The molecule has 0 bridgehead atoms. The van der Waals surface area contributed by atoms with Gasteiger partial charge in [0.25, 0.3) is 11.8 Å². The summed E-state index contributed by atoms with van der Waals surface area (Å²) in [4.78, 5) is 43.9. The minimum Gasteiger partial charge on any atom is -0.493 e. The van der Waals surface area contributed by atoms with Gasteiger partial charge >= 0.3 is 0 Å². The molecule has 2 aromatic carbocycles. The number of nitrogens with one attached hydrogen (secondary N) is 2. The number of benzene rings is 2. The summed E-state index contributed by atoms with van der Waals surface area (Å²) < 4.78 is 31.2. The highest BCUT2D eigenvalue weighted by Gasteiger charge is 2.31. The topological polar surface area (TPSA) is 137 Å². The number of carbonyl (C=O) groups excluding carboxylic acids is 2. The fraction of sp³-hybridized carbons (Fsp3) is 0.200. The van der Waals surface area contributed by atoms with E-state index in [0.717, 1.165) is 12.3 Å². The molecule has 3 heterocycles. The van der Waals surface area contributed by atoms with E-state index in [-0.39, 0.29) is 28.8 Å². The highest BCUT2D eigenvalue weighted by molar-refractivity contribution is 6.39. The van der Waals surface area contributed by atoms with Crippen LogP contribution in [0.2, 0.25) is 10.0 Å². The molecule has 0 radical (unpaired) electrons. The molecule has 226 valence electrons. The molecule has 14 heteroatoms. The van der Waals surface area contributed by atoms with Gasteiger partial charge < -0.3 is 24.8 Å². The maximum atomic E-state index is 14.3. The van der Waals surface area contributed by atoms with E-state index in [1.54, 1.807) is 44.2 Å². The number of fused-ring (bicyclic) bond motifs is 1. The maximum Gasteiger partial charge on any atom is 0.269 e. The Labute approximate surface area is 261 Å². The van der Waals surface area contributed by atoms with Crippen LogP contribution >= 0.6 is 23.2 Å². The smallest absolute Gasteiger partial charge is 0.269 e. The summed E-state index contributed by atoms with van der Waals surface area (Å²) in [5.74, 6) is -1.38. The fourth-order valence-electron chi connectivity index (χ4n) is 4.43. The lowest BCUT2D eigenvalue weighted by Gasteiger charge is -2.17. The molecule has 0 saturated carbocycles. The quantitative estimate of drug-likeness (QED) is 0.257. The number of methoxy groups -OCH3 is 1. The predicted octanol–water partition coefficient (Wildman–Crippen LogP) is 5.16. The molecule has 2 amide bonds. The largest absolute Gasteiger partial charge is 0.493 e. The molecule has 0 aliphatic carbocycles. The van der Waals surface area contributed by atoms with Crippen LogP contribution in [0.4, 0.5) is 10.1 Å². The van der Waals surface area contributed by atoms with Crippen LogP contribution in [0, 0.1) is 12.7 Å². The zero-order valence-corrected chi connectivity index (χ0v) is 25.2. The highest BCUT2D eigenvalue weighted by atomic mass is 35.5. The van der Waals surface area contributed by atoms with E-state index in [1.807, 2.05) is 0 Å². The van der Waals surface area contributed by atoms with Crippen molar-refractivity contribution >= 4 is 46.4 Å². The van der Waals surface area contributed by atoms with Crippen molar-refractivity contribution in [2.75, 3.05) is 19.0 Å². The molecule has 1 aliphatic heterocycles. The van der Waals surface area contributed by atoms with Gasteiger partial charge in [0.1, 0.15) is 35.3 Å². The van der Waals surface area contributed by atoms with Gasteiger partial charge in [-0.1, -0.05) is 41.4 Å². The molecule has 2 aromatic heterocycles. The SMILES string of the molecule is CCOc1cc(Cl)cc(Cl)c1C1=NC(NC(=O)c2cc(F)cnc2OCc2nc(C)ncc2OC)C(=O)Nc2ccccc21. The van der Waals surface area contributed by atoms with Gasteiger partial charge in [0.2, 0.25) is 12.0 Å². The van der Waals surface area contributed by atoms with Gasteiger partial charge in [-0.3, -0.25) is 9.59 Å². The molecular weight excluding hydrogens is 614 g/mol. The highest BCUT2D eigenvalue weighted by Crippen LogP contribution is 2.36. The first-order valence-corrected chi connectivity index (χ1v) is 14.0. The summed E-state index contributed by atoms with van der Waals surface area (Å²) in [5.41, 5.74) is 1.68. The van der Waals surface area contributed by atoms with Gasteiger partial charge in [0.05, 0.1) is 48.1 Å². The van der Waals surface area contributed by atoms with Gasteiger partial charge in [-0.2, -0.15) is 0 Å². The number of halogens is 3. The number of ether oxygens (including phenoxy) is 3. The molecule has 1 unspecified atom stereocenters. The number of anilines is 1. The van der Waals surface area contributed by atoms with E-state index >= 15 is 0 Å². The number of rotatable bonds is 9. The Hall–Kier alpha value is -4.81. The fourth-order valence-corrected chi connectivity index (χ4v) is 4.99. The van der Waals surface area contributed by atoms with Crippen LogP contribution in [0.3, 0.4) is 0 Å². The Morgan fingerprint density at radius 2 is 1.89 bits per heavy atom. The molecule has 44 heavy (non-hydrogen) atoms. The van der Waals surface area contributed by atoms with Crippen LogP contribution in [-0.4, -0.2) is 52.4 Å². The summed E-state index contributed by atoms with van der Waals surface area (Å²) in [6, 6.07) is 11.0. The second kappa shape index (κ2) is 13.2. The summed E-state index contributed by atoms with van der Waals surface area (Å²) in [6.45, 7) is 3.62. The number of para-hydroxylation sites is 1. The first-order valence-electron chi connectivity index (χ1n) is 13.2. The van der Waals surface area contributed by atoms with E-state index in [2.05, 4.69) is 30.6 Å². The minimum atomic E-state index is -1.48. The third kappa shape index (κ3) is 6.56. The summed E-state index contributed by atoms with van der Waals surface area (Å²) in [5, 5.41) is 5.88. The van der Waals surface area contributed by atoms with Crippen molar-refractivity contribution in [3.8, 4) is 17.4 Å². The number of hydrogen-bond donors (Lipinski definition) is 2. The van der Waals surface area contributed by atoms with Crippen molar-refractivity contribution in [3.05, 3.63) is 98.9 Å². The molecule has 1 atom stereocenters. The lowest BCUT2D eigenvalue weighted by Crippen LogP contribution is -2.42. The summed E-state index contributed by atoms with van der Waals surface area (Å²) in [7, 11) is 1.45. The molecule has 11 nitrogen and oxygen atoms in total. The van der Waals surface area contributed by atoms with Crippen molar-refractivity contribution < 1.29 is 28.2 Å². The minimum absolute atomic E-state index is 0.164. The molecule has 0 fully saturated rings. The Balaban J connectivity index is 1.51. The maximum absolute atomic E-state index is 14.3. The Morgan fingerprint density at radius 1 is 1.09 bits per heavy atom. The van der Waals surface area contributed by atoms with Crippen LogP contribution in [-0.2, 0) is 11.4 Å². The van der Waals surface area contributed by atoms with Crippen molar-refractivity contribution in [1.82, 2.24) is 20.3 Å². The first-order chi connectivity index (χ1) is 21.2. The number of carbonyl (C=O) groups is 2. The Bertz CT molecular complexity index is 1790. The number of aryl methyl sites for hydroxylation is 1. The van der Waals surface area contributed by atoms with E-state index in [4.69, 9.17) is 37.4 Å². The number of hydrogen-bond acceptors (Lipinski definition) is 9. The van der Waals surface area contributed by atoms with Gasteiger partial charge in [-0.05, 0) is 38.1 Å². The molecule has 2 N–H and O–H groups in total. The first kappa shape index (κ1) is 30.6. The molecule has 0 spiro atoms. The monoisotopic (exact) mass is 638 g/mol. The van der Waals surface area contributed by atoms with Gasteiger partial charge in [0.15, 0.2) is 5.75 Å². The molecule has 1 aliphatic rings. The van der Waals surface area contributed by atoms with Crippen LogP contribution in [0.1, 0.15) is 39.9 Å². The number of pyridine rings is 1. The standard InChI is InChI=1S/C30H25Cl2FN6O5/c1-4-43-23-10-16(31)9-20(32)25(23)26-18-7-5-6-8-21(18)37-29(41)27(38-26)39-28(40)19-11-17(33)12-35-30(19)44-14-22-24(42-3)13-34-15(2)36-22/h5-13,27H,4,14H2,1-3H3,(H,37,41)(H,39,40). The lowest BCUT2D eigenvalue weighted by molar-refractivity contribution is -0.117. The molecule has 5 rings (SSSR count). The number of benzodiazepines with no additional fused rings is 1. The predicted molar refractivity (Wildman–Crippen MR) is 161 cm³/mol. The molecule has 4 aromatic rings. The van der Waals surface area contributed by atoms with Crippen molar-refractivity contribution in [1.29, 1.82) is 0 Å². The number of amides is 2. The van der Waals surface area contributed by atoms with E-state index < -0.39 is 23.8 Å². The van der Waals surface area contributed by atoms with Crippen molar-refractivity contribution in [2.24, 2.45) is 4.99 Å². The third-order valence-corrected chi connectivity index (χ3v) is 6.86. The van der Waals surface area contributed by atoms with Crippen LogP contribution in [0.15, 0.2) is 59.9 Å². The Kier molecular flexibility index (Phi) is 9.21. The summed E-state index contributed by atoms with van der Waals surface area (Å²) >= 11 is 12.9. The second-order valence-electron chi connectivity index (χ2n) is 9.31. The average Bonchev–Trinajstić information content (AvgIpc) is 3.12. The second-order valence-corrected chi connectivity index (χ2v) is 10.2. The van der Waals surface area contributed by atoms with Gasteiger partial charge in [0, 0.05) is 10.6 Å². The molecular formula is C30H25Cl2FN6O5. The third-order valence-electron chi connectivity index (χ3n) is 6.35. The zero-order valence-electron chi connectivity index (χ0n) is 23.7. The lowest BCUT2D eigenvalue weighted by atomic mass is 9.99. The van der Waals surface area contributed by atoms with E-state index in [9.17, 15) is 14.0 Å². The number of aromatic nitrogens is 3. The van der Waals surface area contributed by atoms with Gasteiger partial charge in [-0.25, -0.2) is 24.3 Å². The van der Waals surface area contributed by atoms with Crippen molar-refractivity contribution in [2.45, 2.75) is 26.6 Å². The average molecular weight is 639 g/mol. The van der Waals surface area contributed by atoms with Gasteiger partial charge in [-0.15, -0.1) is 0 Å². The number of aliphatic imine (C=N–C) groups is 1. The Morgan fingerprint density at radius 3 is 2.66 bits per heavy atom. The van der Waals surface area contributed by atoms with Crippen molar-refractivity contribution in [3.63, 3.8) is 0 Å². The van der Waals surface area contributed by atoms with Crippen LogP contribution in [0.25, 0.3) is 0 Å². The van der Waals surface area contributed by atoms with Crippen LogP contribution in [0.5, 0.6) is 17.4 Å².